The van der Waals surface area contributed by atoms with E-state index >= 15 is 0 Å². The second-order valence-electron chi connectivity index (χ2n) is 6.87. The normalized spacial score (nSPS) is 15.4. The first-order valence-corrected chi connectivity index (χ1v) is 9.11. The maximum atomic E-state index is 12.4. The van der Waals surface area contributed by atoms with Crippen LogP contribution in [0.15, 0.2) is 10.7 Å². The summed E-state index contributed by atoms with van der Waals surface area (Å²) in [5.41, 5.74) is 8.96. The molecule has 2 N–H and O–H groups in total. The van der Waals surface area contributed by atoms with Crippen LogP contribution in [0.1, 0.15) is 42.5 Å². The van der Waals surface area contributed by atoms with Crippen molar-refractivity contribution in [1.82, 2.24) is 20.0 Å². The molecule has 1 atom stereocenters. The third-order valence-electron chi connectivity index (χ3n) is 4.84. The van der Waals surface area contributed by atoms with Crippen LogP contribution in [0.4, 0.5) is 13.2 Å². The van der Waals surface area contributed by atoms with Crippen molar-refractivity contribution in [3.05, 3.63) is 28.9 Å². The molecule has 0 aromatic carbocycles. The second kappa shape index (κ2) is 7.86. The lowest BCUT2D eigenvalue weighted by Crippen LogP contribution is -2.45. The molecule has 0 spiro atoms. The minimum absolute atomic E-state index is 0.0640. The molecular formula is C18H22F3N5O2. The molecule has 7 nitrogen and oxygen atoms in total. The van der Waals surface area contributed by atoms with Crippen LogP contribution >= 0.6 is 0 Å². The molecule has 0 bridgehead atoms. The summed E-state index contributed by atoms with van der Waals surface area (Å²) in [6.45, 7) is 4.51. The molecule has 0 fully saturated rings. The van der Waals surface area contributed by atoms with Gasteiger partial charge in [0.15, 0.2) is 0 Å². The third kappa shape index (κ3) is 4.32. The van der Waals surface area contributed by atoms with Gasteiger partial charge in [-0.2, -0.15) is 18.2 Å². The summed E-state index contributed by atoms with van der Waals surface area (Å²) in [4.78, 5) is 22.5. The summed E-state index contributed by atoms with van der Waals surface area (Å²) in [7, 11) is 0. The zero-order chi connectivity index (χ0) is 20.5. The number of carbonyl (C=O) groups is 1. The molecule has 0 saturated carbocycles. The monoisotopic (exact) mass is 397 g/mol. The zero-order valence-corrected chi connectivity index (χ0v) is 15.7. The molecule has 0 unspecified atom stereocenters. The van der Waals surface area contributed by atoms with Gasteiger partial charge in [-0.3, -0.25) is 9.78 Å². The molecule has 0 saturated heterocycles. The Kier molecular flexibility index (Phi) is 5.69. The highest BCUT2D eigenvalue weighted by Gasteiger charge is 2.30. The predicted octanol–water partition coefficient (Wildman–Crippen LogP) is 2.56. The highest BCUT2D eigenvalue weighted by Crippen LogP contribution is 2.31. The van der Waals surface area contributed by atoms with Crippen molar-refractivity contribution in [1.29, 1.82) is 0 Å². The van der Waals surface area contributed by atoms with E-state index in [0.717, 1.165) is 11.1 Å². The van der Waals surface area contributed by atoms with Crippen LogP contribution < -0.4 is 5.73 Å². The van der Waals surface area contributed by atoms with Gasteiger partial charge >= 0.3 is 6.18 Å². The maximum absolute atomic E-state index is 12.4. The van der Waals surface area contributed by atoms with Crippen molar-refractivity contribution in [2.45, 2.75) is 58.3 Å². The van der Waals surface area contributed by atoms with E-state index in [-0.39, 0.29) is 24.0 Å². The Bertz CT molecular complexity index is 865. The summed E-state index contributed by atoms with van der Waals surface area (Å²) in [6, 6.07) is -0.534. The molecule has 2 aromatic rings. The van der Waals surface area contributed by atoms with Gasteiger partial charge in [-0.15, -0.1) is 0 Å². The highest BCUT2D eigenvalue weighted by molar-refractivity contribution is 5.82. The van der Waals surface area contributed by atoms with E-state index in [9.17, 15) is 18.0 Å². The summed E-state index contributed by atoms with van der Waals surface area (Å²) in [5, 5.41) is 3.86. The van der Waals surface area contributed by atoms with Gasteiger partial charge in [-0.1, -0.05) is 12.1 Å². The largest absolute Gasteiger partial charge is 0.389 e. The van der Waals surface area contributed by atoms with Gasteiger partial charge in [0.2, 0.25) is 17.6 Å². The number of amides is 1. The van der Waals surface area contributed by atoms with Crippen molar-refractivity contribution in [2.24, 2.45) is 5.73 Å². The van der Waals surface area contributed by atoms with Crippen LogP contribution in [0.5, 0.6) is 0 Å². The number of alkyl halides is 3. The summed E-state index contributed by atoms with van der Waals surface area (Å²) < 4.78 is 42.2. The first-order chi connectivity index (χ1) is 13.2. The van der Waals surface area contributed by atoms with Gasteiger partial charge in [-0.05, 0) is 30.9 Å². The number of hydrogen-bond acceptors (Lipinski definition) is 6. The Hall–Kier alpha value is -2.49. The number of halogens is 3. The minimum Gasteiger partial charge on any atom is -0.339 e. The Morgan fingerprint density at radius 1 is 1.43 bits per heavy atom. The van der Waals surface area contributed by atoms with Crippen LogP contribution in [0, 0.1) is 6.92 Å². The van der Waals surface area contributed by atoms with E-state index < -0.39 is 18.6 Å². The lowest BCUT2D eigenvalue weighted by Gasteiger charge is -2.31. The number of nitrogens with two attached hydrogens (primary N) is 1. The van der Waals surface area contributed by atoms with Crippen LogP contribution in [0.2, 0.25) is 0 Å². The molecule has 152 valence electrons. The molecule has 1 aliphatic rings. The fourth-order valence-electron chi connectivity index (χ4n) is 3.25. The molecule has 0 radical (unpaired) electrons. The fraction of sp³-hybridized carbons (Fsp3) is 0.556. The van der Waals surface area contributed by atoms with E-state index in [4.69, 9.17) is 10.3 Å². The van der Waals surface area contributed by atoms with Gasteiger partial charge in [-0.25, -0.2) is 0 Å². The SMILES string of the molecule is CC[C@H](N)C(=O)N1CCc2c(cnc(C)c2-c2noc(CCC(F)(F)F)n2)C1. The zero-order valence-electron chi connectivity index (χ0n) is 15.7. The van der Waals surface area contributed by atoms with Gasteiger partial charge in [0.1, 0.15) is 0 Å². The molecule has 10 heteroatoms. The van der Waals surface area contributed by atoms with Crippen molar-refractivity contribution in [3.63, 3.8) is 0 Å². The van der Waals surface area contributed by atoms with E-state index in [2.05, 4.69) is 15.1 Å². The molecular weight excluding hydrogens is 375 g/mol. The number of carbonyl (C=O) groups excluding carboxylic acids is 1. The molecule has 1 aliphatic heterocycles. The lowest BCUT2D eigenvalue weighted by atomic mass is 9.94. The summed E-state index contributed by atoms with van der Waals surface area (Å²) in [6.07, 6.45) is -2.85. The van der Waals surface area contributed by atoms with E-state index in [1.54, 1.807) is 18.0 Å². The molecule has 3 rings (SSSR count). The Balaban J connectivity index is 1.85. The predicted molar refractivity (Wildman–Crippen MR) is 94.0 cm³/mol. The van der Waals surface area contributed by atoms with Crippen molar-refractivity contribution in [2.75, 3.05) is 6.54 Å². The number of fused-ring (bicyclic) bond motifs is 1. The first kappa shape index (κ1) is 20.2. The Labute approximate surface area is 160 Å². The summed E-state index contributed by atoms with van der Waals surface area (Å²) in [5.74, 6) is 0.0548. The smallest absolute Gasteiger partial charge is 0.339 e. The molecule has 1 amide bonds. The van der Waals surface area contributed by atoms with Crippen molar-refractivity contribution in [3.8, 4) is 11.4 Å². The highest BCUT2D eigenvalue weighted by atomic mass is 19.4. The first-order valence-electron chi connectivity index (χ1n) is 9.11. The standard InChI is InChI=1S/C18H22F3N5O2/c1-3-13(22)17(27)26-7-5-12-11(9-26)8-23-10(2)15(12)16-24-14(28-25-16)4-6-18(19,20)21/h8,13H,3-7,9,22H2,1-2H3/t13-/m0/s1. The number of nitrogens with zero attached hydrogens (tertiary/aromatic N) is 4. The van der Waals surface area contributed by atoms with Crippen molar-refractivity contribution < 1.29 is 22.5 Å². The number of aryl methyl sites for hydroxylation is 2. The average Bonchev–Trinajstić information content (AvgIpc) is 3.12. The topological polar surface area (TPSA) is 98.1 Å². The number of hydrogen-bond donors (Lipinski definition) is 1. The molecule has 28 heavy (non-hydrogen) atoms. The third-order valence-corrected chi connectivity index (χ3v) is 4.84. The molecule has 3 heterocycles. The number of rotatable bonds is 5. The maximum Gasteiger partial charge on any atom is 0.389 e. The van der Waals surface area contributed by atoms with Gasteiger partial charge in [0.25, 0.3) is 0 Å². The van der Waals surface area contributed by atoms with E-state index in [1.165, 1.54) is 0 Å². The van der Waals surface area contributed by atoms with Crippen LogP contribution in [0.3, 0.4) is 0 Å². The number of pyridine rings is 1. The number of aromatic nitrogens is 3. The van der Waals surface area contributed by atoms with Gasteiger partial charge in [0, 0.05) is 37.0 Å². The van der Waals surface area contributed by atoms with Gasteiger partial charge < -0.3 is 15.2 Å². The fourth-order valence-corrected chi connectivity index (χ4v) is 3.25. The lowest BCUT2D eigenvalue weighted by molar-refractivity contribution is -0.135. The van der Waals surface area contributed by atoms with Crippen LogP contribution in [0.25, 0.3) is 11.4 Å². The van der Waals surface area contributed by atoms with Crippen molar-refractivity contribution >= 4 is 5.91 Å². The Morgan fingerprint density at radius 2 is 2.18 bits per heavy atom. The average molecular weight is 397 g/mol. The Morgan fingerprint density at radius 3 is 2.86 bits per heavy atom. The second-order valence-corrected chi connectivity index (χ2v) is 6.87. The van der Waals surface area contributed by atoms with E-state index in [1.807, 2.05) is 6.92 Å². The van der Waals surface area contributed by atoms with Gasteiger partial charge in [0.05, 0.1) is 12.5 Å². The van der Waals surface area contributed by atoms with Crippen LogP contribution in [-0.4, -0.2) is 44.7 Å². The minimum atomic E-state index is -4.28. The quantitative estimate of drug-likeness (QED) is 0.833. The molecule has 0 aliphatic carbocycles. The van der Waals surface area contributed by atoms with Crippen LogP contribution in [-0.2, 0) is 24.2 Å². The van der Waals surface area contributed by atoms with E-state index in [0.29, 0.717) is 37.2 Å². The molecule has 2 aromatic heterocycles. The summed E-state index contributed by atoms with van der Waals surface area (Å²) >= 11 is 0.